The van der Waals surface area contributed by atoms with E-state index in [9.17, 15) is 14.4 Å². The summed E-state index contributed by atoms with van der Waals surface area (Å²) >= 11 is 0. The molecule has 180 valence electrons. The fraction of sp³-hybridized carbons (Fsp3) is 0.321. The van der Waals surface area contributed by atoms with Crippen LogP contribution in [0.4, 0.5) is 0 Å². The molecule has 0 fully saturated rings. The lowest BCUT2D eigenvalue weighted by atomic mass is 9.84. The average molecular weight is 474 g/mol. The van der Waals surface area contributed by atoms with Crippen molar-refractivity contribution < 1.29 is 23.8 Å². The Balaban J connectivity index is 1.79. The third kappa shape index (κ3) is 3.71. The SMILES string of the molecule is COc1ccc2c(c1)cc(C1CC(=O)Oc3ccc4c(c31)OC(=C(C)C)C4=O)c(=O)n2CC(C)C. The van der Waals surface area contributed by atoms with Crippen LogP contribution in [0.2, 0.25) is 0 Å². The molecule has 2 aliphatic heterocycles. The standard InChI is InChI=1S/C28H27NO6/c1-14(2)13-29-21-8-6-17(33-5)10-16(21)11-20(28(29)32)19-12-23(30)34-22-9-7-18-25(31)26(15(3)4)35-27(18)24(19)22/h6-11,14,19H,12-13H2,1-5H3. The molecule has 0 saturated carbocycles. The molecule has 2 aliphatic rings. The molecule has 0 N–H and O–H groups in total. The van der Waals surface area contributed by atoms with Gasteiger partial charge in [0, 0.05) is 29.0 Å². The summed E-state index contributed by atoms with van der Waals surface area (Å²) < 4.78 is 18.7. The number of ketones is 1. The molecule has 0 aliphatic carbocycles. The van der Waals surface area contributed by atoms with Crippen molar-refractivity contribution in [1.82, 2.24) is 4.57 Å². The van der Waals surface area contributed by atoms with Crippen molar-refractivity contribution in [3.05, 3.63) is 74.8 Å². The number of allylic oxidation sites excluding steroid dienone is 2. The van der Waals surface area contributed by atoms with Gasteiger partial charge in [0.2, 0.25) is 5.78 Å². The number of Topliss-reactive ketones (excluding diaryl/α,β-unsaturated/α-hetero) is 1. The summed E-state index contributed by atoms with van der Waals surface area (Å²) in [4.78, 5) is 39.5. The van der Waals surface area contributed by atoms with E-state index >= 15 is 0 Å². The van der Waals surface area contributed by atoms with E-state index in [0.29, 0.717) is 40.5 Å². The molecule has 1 aromatic heterocycles. The molecule has 0 radical (unpaired) electrons. The van der Waals surface area contributed by atoms with E-state index in [2.05, 4.69) is 13.8 Å². The lowest BCUT2D eigenvalue weighted by Crippen LogP contribution is -2.31. The minimum atomic E-state index is -0.618. The van der Waals surface area contributed by atoms with E-state index in [1.165, 1.54) is 0 Å². The van der Waals surface area contributed by atoms with Gasteiger partial charge < -0.3 is 18.8 Å². The fourth-order valence-electron chi connectivity index (χ4n) is 4.90. The molecular formula is C28H27NO6. The van der Waals surface area contributed by atoms with E-state index in [-0.39, 0.29) is 29.4 Å². The highest BCUT2D eigenvalue weighted by atomic mass is 16.5. The summed E-state index contributed by atoms with van der Waals surface area (Å²) in [5.74, 6) is 0.576. The molecule has 2 aromatic carbocycles. The van der Waals surface area contributed by atoms with Crippen LogP contribution in [0, 0.1) is 5.92 Å². The number of benzene rings is 2. The molecule has 3 aromatic rings. The second kappa shape index (κ2) is 8.41. The van der Waals surface area contributed by atoms with E-state index in [1.54, 1.807) is 23.8 Å². The van der Waals surface area contributed by atoms with Gasteiger partial charge in [0.25, 0.3) is 5.56 Å². The largest absolute Gasteiger partial charge is 0.497 e. The Morgan fingerprint density at radius 2 is 1.86 bits per heavy atom. The topological polar surface area (TPSA) is 83.8 Å². The number of carbonyl (C=O) groups is 2. The zero-order valence-electron chi connectivity index (χ0n) is 20.4. The van der Waals surface area contributed by atoms with Gasteiger partial charge in [-0.3, -0.25) is 14.4 Å². The maximum Gasteiger partial charge on any atom is 0.312 e. The molecule has 35 heavy (non-hydrogen) atoms. The number of rotatable bonds is 4. The monoisotopic (exact) mass is 473 g/mol. The van der Waals surface area contributed by atoms with Crippen molar-refractivity contribution in [3.8, 4) is 17.2 Å². The quantitative estimate of drug-likeness (QED) is 0.302. The van der Waals surface area contributed by atoms with Gasteiger partial charge in [-0.15, -0.1) is 0 Å². The summed E-state index contributed by atoms with van der Waals surface area (Å²) in [6.07, 6.45) is -0.0302. The first kappa shape index (κ1) is 22.9. The maximum absolute atomic E-state index is 13.9. The third-order valence-corrected chi connectivity index (χ3v) is 6.46. The van der Waals surface area contributed by atoms with Crippen LogP contribution in [0.3, 0.4) is 0 Å². The molecule has 3 heterocycles. The molecule has 0 saturated heterocycles. The summed E-state index contributed by atoms with van der Waals surface area (Å²) in [6.45, 7) is 8.24. The Labute approximate surface area is 202 Å². The number of nitrogens with zero attached hydrogens (tertiary/aromatic N) is 1. The summed E-state index contributed by atoms with van der Waals surface area (Å²) in [5.41, 5.74) is 2.80. The lowest BCUT2D eigenvalue weighted by Gasteiger charge is -2.27. The highest BCUT2D eigenvalue weighted by molar-refractivity contribution is 6.13. The van der Waals surface area contributed by atoms with Gasteiger partial charge >= 0.3 is 5.97 Å². The Kier molecular flexibility index (Phi) is 5.50. The van der Waals surface area contributed by atoms with Crippen molar-refractivity contribution >= 4 is 22.7 Å². The smallest absolute Gasteiger partial charge is 0.312 e. The second-order valence-electron chi connectivity index (χ2n) is 9.68. The number of carbonyl (C=O) groups excluding carboxylic acids is 2. The molecule has 1 unspecified atom stereocenters. The average Bonchev–Trinajstić information content (AvgIpc) is 3.16. The number of hydrogen-bond acceptors (Lipinski definition) is 6. The van der Waals surface area contributed by atoms with Crippen LogP contribution in [-0.2, 0) is 11.3 Å². The van der Waals surface area contributed by atoms with Gasteiger partial charge in [0.15, 0.2) is 5.76 Å². The first-order valence-electron chi connectivity index (χ1n) is 11.7. The first-order valence-corrected chi connectivity index (χ1v) is 11.7. The van der Waals surface area contributed by atoms with Crippen molar-refractivity contribution in [2.24, 2.45) is 5.92 Å². The highest BCUT2D eigenvalue weighted by Crippen LogP contribution is 2.48. The van der Waals surface area contributed by atoms with Gasteiger partial charge in [0.05, 0.1) is 24.6 Å². The van der Waals surface area contributed by atoms with Crippen LogP contribution < -0.4 is 19.8 Å². The number of pyridine rings is 1. The predicted octanol–water partition coefficient (Wildman–Crippen LogP) is 4.98. The van der Waals surface area contributed by atoms with Crippen molar-refractivity contribution in [3.63, 3.8) is 0 Å². The maximum atomic E-state index is 13.9. The number of esters is 1. The summed E-state index contributed by atoms with van der Waals surface area (Å²) in [7, 11) is 1.60. The summed E-state index contributed by atoms with van der Waals surface area (Å²) in [5, 5.41) is 0.828. The van der Waals surface area contributed by atoms with Crippen LogP contribution in [0.15, 0.2) is 52.5 Å². The van der Waals surface area contributed by atoms with E-state index < -0.39 is 11.9 Å². The van der Waals surface area contributed by atoms with E-state index in [0.717, 1.165) is 16.5 Å². The van der Waals surface area contributed by atoms with Gasteiger partial charge in [-0.25, -0.2) is 0 Å². The first-order chi connectivity index (χ1) is 16.7. The van der Waals surface area contributed by atoms with Crippen LogP contribution in [-0.4, -0.2) is 23.4 Å². The van der Waals surface area contributed by atoms with Crippen LogP contribution in [0.25, 0.3) is 10.9 Å². The lowest BCUT2D eigenvalue weighted by molar-refractivity contribution is -0.135. The molecule has 5 rings (SSSR count). The zero-order chi connectivity index (χ0) is 25.0. The van der Waals surface area contributed by atoms with Crippen molar-refractivity contribution in [1.29, 1.82) is 0 Å². The third-order valence-electron chi connectivity index (χ3n) is 6.46. The molecular weight excluding hydrogens is 446 g/mol. The van der Waals surface area contributed by atoms with Crippen LogP contribution in [0.1, 0.15) is 61.5 Å². The van der Waals surface area contributed by atoms with Gasteiger partial charge in [-0.05, 0) is 61.7 Å². The number of methoxy groups -OCH3 is 1. The Hall–Kier alpha value is -3.87. The molecule has 0 bridgehead atoms. The second-order valence-corrected chi connectivity index (χ2v) is 9.68. The number of aromatic nitrogens is 1. The van der Waals surface area contributed by atoms with Crippen LogP contribution in [0.5, 0.6) is 17.2 Å². The van der Waals surface area contributed by atoms with Crippen molar-refractivity contribution in [2.75, 3.05) is 7.11 Å². The fourth-order valence-corrected chi connectivity index (χ4v) is 4.90. The minimum Gasteiger partial charge on any atom is -0.497 e. The van der Waals surface area contributed by atoms with Crippen molar-refractivity contribution in [2.45, 2.75) is 46.6 Å². The number of fused-ring (bicyclic) bond motifs is 4. The molecule has 7 heteroatoms. The molecule has 0 spiro atoms. The number of ether oxygens (including phenoxy) is 3. The molecule has 0 amide bonds. The van der Waals surface area contributed by atoms with Crippen LogP contribution >= 0.6 is 0 Å². The Morgan fingerprint density at radius 3 is 2.54 bits per heavy atom. The molecule has 1 atom stereocenters. The summed E-state index contributed by atoms with van der Waals surface area (Å²) in [6, 6.07) is 10.6. The Morgan fingerprint density at radius 1 is 1.09 bits per heavy atom. The van der Waals surface area contributed by atoms with Gasteiger partial charge in [0.1, 0.15) is 17.2 Å². The van der Waals surface area contributed by atoms with Gasteiger partial charge in [-0.2, -0.15) is 0 Å². The van der Waals surface area contributed by atoms with E-state index in [1.807, 2.05) is 38.1 Å². The molecule has 7 nitrogen and oxygen atoms in total. The number of hydrogen-bond donors (Lipinski definition) is 0. The Bertz CT molecular complexity index is 1490. The van der Waals surface area contributed by atoms with Gasteiger partial charge in [-0.1, -0.05) is 13.8 Å². The normalized spacial score (nSPS) is 16.7. The zero-order valence-corrected chi connectivity index (χ0v) is 20.4. The van der Waals surface area contributed by atoms with E-state index in [4.69, 9.17) is 14.2 Å². The highest BCUT2D eigenvalue weighted by Gasteiger charge is 2.40. The predicted molar refractivity (Wildman–Crippen MR) is 131 cm³/mol. The minimum absolute atomic E-state index is 0.0302.